The van der Waals surface area contributed by atoms with Gasteiger partial charge in [0.2, 0.25) is 0 Å². The van der Waals surface area contributed by atoms with Crippen molar-refractivity contribution >= 4 is 0 Å². The molecule has 4 N–H and O–H groups in total. The fourth-order valence-corrected chi connectivity index (χ4v) is 8.29. The Morgan fingerprint density at radius 1 is 1.00 bits per heavy atom. The maximum absolute atomic E-state index is 11.6. The lowest BCUT2D eigenvalue weighted by atomic mass is 9.45. The second-order valence-corrected chi connectivity index (χ2v) is 12.4. The maximum atomic E-state index is 11.6. The van der Waals surface area contributed by atoms with Gasteiger partial charge in [0, 0.05) is 18.4 Å². The highest BCUT2D eigenvalue weighted by molar-refractivity contribution is 5.33. The largest absolute Gasteiger partial charge is 0.396 e. The molecule has 32 heavy (non-hydrogen) atoms. The number of rotatable bonds is 5. The molecule has 0 radical (unpaired) electrons. The second kappa shape index (κ2) is 8.52. The van der Waals surface area contributed by atoms with Crippen LogP contribution in [0.1, 0.15) is 79.6 Å². The van der Waals surface area contributed by atoms with Crippen LogP contribution >= 0.6 is 0 Å². The number of hydrogen-bond donors (Lipinski definition) is 4. The van der Waals surface area contributed by atoms with E-state index in [4.69, 9.17) is 0 Å². The van der Waals surface area contributed by atoms with E-state index in [1.54, 1.807) is 0 Å². The SMILES string of the molecule is CC(CO)[C@@H](C)/C=C/[C@@H](C)[C@H]1CC[C@H]2C3=C[C@@H](O)[C@@]4(O)C[C@@H](O)CC[C@]4(C)[C@H]3CC[C@]12C. The fourth-order valence-electron chi connectivity index (χ4n) is 8.29. The molecule has 1 unspecified atom stereocenters. The van der Waals surface area contributed by atoms with Crippen molar-refractivity contribution in [3.8, 4) is 0 Å². The summed E-state index contributed by atoms with van der Waals surface area (Å²) in [5.41, 5.74) is 0.0321. The van der Waals surface area contributed by atoms with Crippen LogP contribution < -0.4 is 0 Å². The summed E-state index contributed by atoms with van der Waals surface area (Å²) in [4.78, 5) is 0. The highest BCUT2D eigenvalue weighted by Crippen LogP contribution is 2.67. The molecule has 4 aliphatic carbocycles. The van der Waals surface area contributed by atoms with E-state index in [1.165, 1.54) is 12.0 Å². The molecule has 3 fully saturated rings. The number of hydrogen-bond acceptors (Lipinski definition) is 4. The molecule has 0 aromatic rings. The minimum atomic E-state index is -1.22. The zero-order valence-corrected chi connectivity index (χ0v) is 20.8. The minimum Gasteiger partial charge on any atom is -0.396 e. The van der Waals surface area contributed by atoms with Gasteiger partial charge in [-0.15, -0.1) is 0 Å². The third kappa shape index (κ3) is 3.56. The first-order valence-electron chi connectivity index (χ1n) is 13.1. The molecule has 4 rings (SSSR count). The van der Waals surface area contributed by atoms with E-state index in [9.17, 15) is 20.4 Å². The van der Waals surface area contributed by atoms with E-state index in [1.807, 2.05) is 6.08 Å². The van der Waals surface area contributed by atoms with Crippen LogP contribution in [0.2, 0.25) is 0 Å². The van der Waals surface area contributed by atoms with Gasteiger partial charge in [-0.05, 0) is 79.4 Å². The van der Waals surface area contributed by atoms with E-state index in [0.29, 0.717) is 36.0 Å². The summed E-state index contributed by atoms with van der Waals surface area (Å²) in [7, 11) is 0. The molecule has 4 aliphatic rings. The molecule has 11 atom stereocenters. The van der Waals surface area contributed by atoms with Gasteiger partial charge in [0.25, 0.3) is 0 Å². The van der Waals surface area contributed by atoms with E-state index in [0.717, 1.165) is 25.7 Å². The first-order chi connectivity index (χ1) is 15.0. The van der Waals surface area contributed by atoms with Crippen molar-refractivity contribution in [1.29, 1.82) is 0 Å². The highest BCUT2D eigenvalue weighted by Gasteiger charge is 2.64. The predicted octanol–water partition coefficient (Wildman–Crippen LogP) is 4.47. The molecule has 0 aromatic carbocycles. The van der Waals surface area contributed by atoms with Crippen molar-refractivity contribution in [1.82, 2.24) is 0 Å². The summed E-state index contributed by atoms with van der Waals surface area (Å²) < 4.78 is 0. The van der Waals surface area contributed by atoms with Gasteiger partial charge in [0.15, 0.2) is 0 Å². The van der Waals surface area contributed by atoms with Crippen LogP contribution in [-0.2, 0) is 0 Å². The Balaban J connectivity index is 1.59. The van der Waals surface area contributed by atoms with Crippen molar-refractivity contribution < 1.29 is 20.4 Å². The number of aliphatic hydroxyl groups excluding tert-OH is 3. The molecule has 0 aliphatic heterocycles. The summed E-state index contributed by atoms with van der Waals surface area (Å²) in [6.07, 6.45) is 11.6. The first kappa shape index (κ1) is 24.4. The van der Waals surface area contributed by atoms with Crippen LogP contribution in [0.3, 0.4) is 0 Å². The van der Waals surface area contributed by atoms with Crippen molar-refractivity contribution in [3.05, 3.63) is 23.8 Å². The van der Waals surface area contributed by atoms with Gasteiger partial charge in [0.05, 0.1) is 6.10 Å². The van der Waals surface area contributed by atoms with Crippen molar-refractivity contribution in [2.45, 2.75) is 97.4 Å². The Kier molecular flexibility index (Phi) is 6.51. The lowest BCUT2D eigenvalue weighted by Gasteiger charge is -2.62. The van der Waals surface area contributed by atoms with E-state index in [2.05, 4.69) is 46.8 Å². The van der Waals surface area contributed by atoms with Gasteiger partial charge >= 0.3 is 0 Å². The normalized spacial score (nSPS) is 49.0. The number of aliphatic hydroxyl groups is 4. The summed E-state index contributed by atoms with van der Waals surface area (Å²) in [6, 6.07) is 0. The monoisotopic (exact) mass is 446 g/mol. The predicted molar refractivity (Wildman–Crippen MR) is 128 cm³/mol. The van der Waals surface area contributed by atoms with Gasteiger partial charge in [-0.1, -0.05) is 58.4 Å². The molecular formula is C28H46O4. The summed E-state index contributed by atoms with van der Waals surface area (Å²) >= 11 is 0. The molecule has 0 saturated heterocycles. The Labute approximate surface area is 194 Å². The fraction of sp³-hybridized carbons (Fsp3) is 0.857. The van der Waals surface area contributed by atoms with Crippen LogP contribution in [0, 0.1) is 46.3 Å². The minimum absolute atomic E-state index is 0.220. The van der Waals surface area contributed by atoms with Crippen LogP contribution in [-0.4, -0.2) is 44.8 Å². The average Bonchev–Trinajstić information content (AvgIpc) is 3.11. The topological polar surface area (TPSA) is 80.9 Å². The molecule has 0 spiro atoms. The number of allylic oxidation sites excluding steroid dienone is 3. The van der Waals surface area contributed by atoms with Gasteiger partial charge in [-0.25, -0.2) is 0 Å². The maximum Gasteiger partial charge on any atom is 0.102 e. The van der Waals surface area contributed by atoms with Crippen LogP contribution in [0.5, 0.6) is 0 Å². The lowest BCUT2D eigenvalue weighted by Crippen LogP contribution is -2.65. The van der Waals surface area contributed by atoms with Gasteiger partial charge in [-0.2, -0.15) is 0 Å². The third-order valence-electron chi connectivity index (χ3n) is 10.9. The molecule has 3 saturated carbocycles. The van der Waals surface area contributed by atoms with E-state index in [-0.39, 0.29) is 29.8 Å². The Morgan fingerprint density at radius 2 is 1.72 bits per heavy atom. The van der Waals surface area contributed by atoms with Gasteiger partial charge in [0.1, 0.15) is 11.7 Å². The summed E-state index contributed by atoms with van der Waals surface area (Å²) in [5, 5.41) is 42.4. The quantitative estimate of drug-likeness (QED) is 0.470. The van der Waals surface area contributed by atoms with Crippen molar-refractivity contribution in [2.24, 2.45) is 46.3 Å². The Hall–Kier alpha value is -0.680. The molecule has 4 nitrogen and oxygen atoms in total. The molecule has 0 bridgehead atoms. The molecular weight excluding hydrogens is 400 g/mol. The van der Waals surface area contributed by atoms with Gasteiger partial charge in [-0.3, -0.25) is 0 Å². The first-order valence-corrected chi connectivity index (χ1v) is 13.1. The highest BCUT2D eigenvalue weighted by atomic mass is 16.3. The average molecular weight is 447 g/mol. The lowest BCUT2D eigenvalue weighted by molar-refractivity contribution is -0.210. The molecule has 0 heterocycles. The zero-order chi connectivity index (χ0) is 23.5. The van der Waals surface area contributed by atoms with Crippen LogP contribution in [0.4, 0.5) is 0 Å². The van der Waals surface area contributed by atoms with Crippen LogP contribution in [0.25, 0.3) is 0 Å². The van der Waals surface area contributed by atoms with Crippen LogP contribution in [0.15, 0.2) is 23.8 Å². The van der Waals surface area contributed by atoms with Gasteiger partial charge < -0.3 is 20.4 Å². The molecule has 0 amide bonds. The van der Waals surface area contributed by atoms with E-state index < -0.39 is 17.8 Å². The number of fused-ring (bicyclic) bond motifs is 5. The third-order valence-corrected chi connectivity index (χ3v) is 10.9. The molecule has 182 valence electrons. The summed E-state index contributed by atoms with van der Waals surface area (Å²) in [5.74, 6) is 2.53. The second-order valence-electron chi connectivity index (χ2n) is 12.4. The zero-order valence-electron chi connectivity index (χ0n) is 20.8. The standard InChI is InChI=1S/C28H46O4/c1-17(19(3)16-29)6-7-18(2)22-8-9-23-21-14-25(31)28(32)15-20(30)10-13-27(28,5)24(21)11-12-26(22,23)4/h6-7,14,17-20,22-25,29-32H,8-13,15-16H2,1-5H3/b7-6+/t17-,18+,19?,20-,22+,23-,24-,25+,26+,27+,28-/m0/s1. The molecule has 0 aromatic heterocycles. The van der Waals surface area contributed by atoms with Crippen molar-refractivity contribution in [3.63, 3.8) is 0 Å². The summed E-state index contributed by atoms with van der Waals surface area (Å²) in [6.45, 7) is 11.5. The Bertz CT molecular complexity index is 761. The van der Waals surface area contributed by atoms with E-state index >= 15 is 0 Å². The van der Waals surface area contributed by atoms with Crippen molar-refractivity contribution in [2.75, 3.05) is 6.61 Å². The Morgan fingerprint density at radius 3 is 2.41 bits per heavy atom. The smallest absolute Gasteiger partial charge is 0.102 e. The molecule has 4 heteroatoms.